The zero-order valence-corrected chi connectivity index (χ0v) is 12.2. The van der Waals surface area contributed by atoms with Crippen LogP contribution in [0.2, 0.25) is 0 Å². The highest BCUT2D eigenvalue weighted by Crippen LogP contribution is 2.19. The molecule has 0 radical (unpaired) electrons. The lowest BCUT2D eigenvalue weighted by Crippen LogP contribution is -2.40. The Hall–Kier alpha value is -2.00. The van der Waals surface area contributed by atoms with E-state index in [4.69, 9.17) is 5.11 Å². The predicted molar refractivity (Wildman–Crippen MR) is 72.7 cm³/mol. The molecule has 0 heterocycles. The van der Waals surface area contributed by atoms with E-state index in [2.05, 4.69) is 5.32 Å². The van der Waals surface area contributed by atoms with Crippen LogP contribution < -0.4 is 10.0 Å². The lowest BCUT2D eigenvalue weighted by atomic mass is 10.2. The number of carboxylic acid groups (broad SMARTS) is 1. The van der Waals surface area contributed by atoms with E-state index >= 15 is 0 Å². The minimum Gasteiger partial charge on any atom is -0.480 e. The van der Waals surface area contributed by atoms with Crippen LogP contribution in [0, 0.1) is 5.82 Å². The van der Waals surface area contributed by atoms with E-state index in [1.54, 1.807) is 0 Å². The zero-order valence-electron chi connectivity index (χ0n) is 11.4. The molecule has 9 heteroatoms. The van der Waals surface area contributed by atoms with Crippen molar-refractivity contribution >= 4 is 27.6 Å². The summed E-state index contributed by atoms with van der Waals surface area (Å²) in [5, 5.41) is 11.1. The predicted octanol–water partition coefficient (Wildman–Crippen LogP) is 0.926. The van der Waals surface area contributed by atoms with Gasteiger partial charge < -0.3 is 10.4 Å². The second-order valence-corrected chi connectivity index (χ2v) is 5.93. The van der Waals surface area contributed by atoms with Gasteiger partial charge >= 0.3 is 5.97 Å². The minimum absolute atomic E-state index is 0.0140. The van der Waals surface area contributed by atoms with Gasteiger partial charge in [-0.25, -0.2) is 12.8 Å². The molecule has 0 saturated carbocycles. The number of carboxylic acids is 1. The molecule has 0 aliphatic carbocycles. The highest BCUT2D eigenvalue weighted by atomic mass is 32.2. The number of sulfonamides is 1. The maximum atomic E-state index is 13.8. The van der Waals surface area contributed by atoms with Gasteiger partial charge in [-0.15, -0.1) is 0 Å². The van der Waals surface area contributed by atoms with E-state index in [0.29, 0.717) is 0 Å². The average Bonchev–Trinajstić information content (AvgIpc) is 2.34. The van der Waals surface area contributed by atoms with Crippen molar-refractivity contribution in [1.29, 1.82) is 0 Å². The van der Waals surface area contributed by atoms with Gasteiger partial charge in [0, 0.05) is 12.6 Å². The number of nitrogens with one attached hydrogen (secondary N) is 2. The number of amides is 1. The van der Waals surface area contributed by atoms with Crippen molar-refractivity contribution in [2.75, 3.05) is 5.32 Å². The number of halogens is 1. The van der Waals surface area contributed by atoms with Gasteiger partial charge in [0.1, 0.15) is 16.8 Å². The molecule has 0 aliphatic heterocycles. The van der Waals surface area contributed by atoms with E-state index in [-0.39, 0.29) is 12.1 Å². The number of hydrogen-bond acceptors (Lipinski definition) is 4. The third kappa shape index (κ3) is 4.50. The molecule has 0 bridgehead atoms. The molecule has 7 nitrogen and oxygen atoms in total. The van der Waals surface area contributed by atoms with Crippen molar-refractivity contribution in [2.24, 2.45) is 0 Å². The van der Waals surface area contributed by atoms with Gasteiger partial charge in [-0.1, -0.05) is 6.92 Å². The molecular formula is C12H15FN2O5S. The van der Waals surface area contributed by atoms with Crippen LogP contribution in [-0.2, 0) is 19.6 Å². The molecule has 0 aromatic heterocycles. The summed E-state index contributed by atoms with van der Waals surface area (Å²) in [6.45, 7) is 2.71. The Morgan fingerprint density at radius 1 is 1.38 bits per heavy atom. The summed E-state index contributed by atoms with van der Waals surface area (Å²) in [5.41, 5.74) is 0.101. The van der Waals surface area contributed by atoms with Crippen LogP contribution in [0.5, 0.6) is 0 Å². The fourth-order valence-corrected chi connectivity index (χ4v) is 2.89. The summed E-state index contributed by atoms with van der Waals surface area (Å²) in [6, 6.07) is 1.67. The molecule has 0 fully saturated rings. The highest BCUT2D eigenvalue weighted by molar-refractivity contribution is 7.89. The van der Waals surface area contributed by atoms with Crippen LogP contribution in [0.1, 0.15) is 20.3 Å². The molecule has 0 aliphatic rings. The number of hydrogen-bond donors (Lipinski definition) is 3. The van der Waals surface area contributed by atoms with Crippen molar-refractivity contribution in [3.05, 3.63) is 24.0 Å². The third-order valence-electron chi connectivity index (χ3n) is 2.55. The SMILES string of the molecule is CC[C@H](NS(=O)(=O)c1ccc(NC(C)=O)cc1F)C(=O)O. The largest absolute Gasteiger partial charge is 0.480 e. The third-order valence-corrected chi connectivity index (χ3v) is 4.05. The number of carbonyl (C=O) groups is 2. The van der Waals surface area contributed by atoms with Gasteiger partial charge in [0.2, 0.25) is 15.9 Å². The highest BCUT2D eigenvalue weighted by Gasteiger charge is 2.26. The first-order valence-corrected chi connectivity index (χ1v) is 7.48. The number of benzene rings is 1. The molecule has 116 valence electrons. The quantitative estimate of drug-likeness (QED) is 0.722. The first-order valence-electron chi connectivity index (χ1n) is 5.99. The Morgan fingerprint density at radius 3 is 2.43 bits per heavy atom. The topological polar surface area (TPSA) is 113 Å². The molecule has 0 unspecified atom stereocenters. The molecule has 0 saturated heterocycles. The van der Waals surface area contributed by atoms with Crippen molar-refractivity contribution < 1.29 is 27.5 Å². The lowest BCUT2D eigenvalue weighted by Gasteiger charge is -2.13. The maximum absolute atomic E-state index is 13.8. The lowest BCUT2D eigenvalue weighted by molar-refractivity contribution is -0.139. The summed E-state index contributed by atoms with van der Waals surface area (Å²) in [6.07, 6.45) is 0.0140. The van der Waals surface area contributed by atoms with Crippen molar-refractivity contribution in [3.8, 4) is 0 Å². The zero-order chi connectivity index (χ0) is 16.2. The van der Waals surface area contributed by atoms with Gasteiger partial charge in [0.25, 0.3) is 0 Å². The van der Waals surface area contributed by atoms with E-state index in [1.807, 2.05) is 4.72 Å². The normalized spacial score (nSPS) is 12.7. The van der Waals surface area contributed by atoms with Gasteiger partial charge in [-0.3, -0.25) is 9.59 Å². The molecule has 1 aromatic rings. The maximum Gasteiger partial charge on any atom is 0.321 e. The van der Waals surface area contributed by atoms with E-state index in [1.165, 1.54) is 19.9 Å². The Kier molecular flexibility index (Phi) is 5.39. The van der Waals surface area contributed by atoms with Crippen molar-refractivity contribution in [1.82, 2.24) is 4.72 Å². The number of rotatable bonds is 6. The molecule has 1 amide bonds. The fourth-order valence-electron chi connectivity index (χ4n) is 1.56. The van der Waals surface area contributed by atoms with Gasteiger partial charge in [0.15, 0.2) is 0 Å². The van der Waals surface area contributed by atoms with E-state index in [9.17, 15) is 22.4 Å². The minimum atomic E-state index is -4.31. The summed E-state index contributed by atoms with van der Waals surface area (Å²) >= 11 is 0. The molecule has 21 heavy (non-hydrogen) atoms. The first-order chi connectivity index (χ1) is 9.67. The summed E-state index contributed by atoms with van der Waals surface area (Å²) in [4.78, 5) is 21.0. The molecular weight excluding hydrogens is 303 g/mol. The fraction of sp³-hybridized carbons (Fsp3) is 0.333. The van der Waals surface area contributed by atoms with Crippen LogP contribution in [0.25, 0.3) is 0 Å². The molecule has 0 spiro atoms. The second kappa shape index (κ2) is 6.64. The Bertz CT molecular complexity index is 660. The molecule has 1 atom stereocenters. The number of anilines is 1. The van der Waals surface area contributed by atoms with Crippen LogP contribution in [0.4, 0.5) is 10.1 Å². The van der Waals surface area contributed by atoms with E-state index < -0.39 is 38.7 Å². The first kappa shape index (κ1) is 17.1. The van der Waals surface area contributed by atoms with Crippen LogP contribution in [-0.4, -0.2) is 31.4 Å². The van der Waals surface area contributed by atoms with Crippen molar-refractivity contribution in [3.63, 3.8) is 0 Å². The Labute approximate surface area is 121 Å². The van der Waals surface area contributed by atoms with Gasteiger partial charge in [-0.05, 0) is 24.6 Å². The molecule has 3 N–H and O–H groups in total. The van der Waals surface area contributed by atoms with Crippen LogP contribution >= 0.6 is 0 Å². The van der Waals surface area contributed by atoms with E-state index in [0.717, 1.165) is 12.1 Å². The second-order valence-electron chi connectivity index (χ2n) is 4.25. The summed E-state index contributed by atoms with van der Waals surface area (Å²) in [5.74, 6) is -2.87. The average molecular weight is 318 g/mol. The standard InChI is InChI=1S/C12H15FN2O5S/c1-3-10(12(17)18)15-21(19,20)11-5-4-8(6-9(11)13)14-7(2)16/h4-6,10,15H,3H2,1-2H3,(H,14,16)(H,17,18)/t10-/m0/s1. The van der Waals surface area contributed by atoms with Crippen LogP contribution in [0.15, 0.2) is 23.1 Å². The molecule has 1 aromatic carbocycles. The number of carbonyl (C=O) groups excluding carboxylic acids is 1. The summed E-state index contributed by atoms with van der Waals surface area (Å²) in [7, 11) is -4.31. The smallest absolute Gasteiger partial charge is 0.321 e. The van der Waals surface area contributed by atoms with Crippen molar-refractivity contribution in [2.45, 2.75) is 31.2 Å². The Morgan fingerprint density at radius 2 is 2.00 bits per heavy atom. The number of aliphatic carboxylic acids is 1. The monoisotopic (exact) mass is 318 g/mol. The van der Waals surface area contributed by atoms with Gasteiger partial charge in [0.05, 0.1) is 0 Å². The Balaban J connectivity index is 3.09. The summed E-state index contributed by atoms with van der Waals surface area (Å²) < 4.78 is 39.7. The van der Waals surface area contributed by atoms with Gasteiger partial charge in [-0.2, -0.15) is 4.72 Å². The molecule has 1 rings (SSSR count). The van der Waals surface area contributed by atoms with Crippen LogP contribution in [0.3, 0.4) is 0 Å².